The summed E-state index contributed by atoms with van der Waals surface area (Å²) >= 11 is 0. The number of aliphatic hydroxyl groups is 2. The molecule has 1 atom stereocenters. The van der Waals surface area contributed by atoms with Gasteiger partial charge in [-0.15, -0.1) is 0 Å². The van der Waals surface area contributed by atoms with E-state index >= 15 is 0 Å². The summed E-state index contributed by atoms with van der Waals surface area (Å²) in [7, 11) is 3.85. The van der Waals surface area contributed by atoms with Gasteiger partial charge in [-0.1, -0.05) is 0 Å². The number of ketones is 1. The summed E-state index contributed by atoms with van der Waals surface area (Å²) in [4.78, 5) is 11.8. The first-order valence-electron chi connectivity index (χ1n) is 3.86. The van der Waals surface area contributed by atoms with Crippen LogP contribution in [0.3, 0.4) is 0 Å². The lowest BCUT2D eigenvalue weighted by molar-refractivity contribution is -0.124. The number of hydrogen-bond donors (Lipinski definition) is 2. The monoisotopic (exact) mass is 177 g/mol. The van der Waals surface area contributed by atoms with E-state index in [4.69, 9.17) is 10.2 Å². The molecule has 74 valence electrons. The molecule has 0 aromatic rings. The van der Waals surface area contributed by atoms with E-state index in [1.807, 2.05) is 19.0 Å². The van der Waals surface area contributed by atoms with Gasteiger partial charge >= 0.3 is 0 Å². The van der Waals surface area contributed by atoms with Crippen LogP contribution in [0, 0.1) is 0 Å². The highest BCUT2D eigenvalue weighted by Crippen LogP contribution is 1.76. The van der Waals surface area contributed by atoms with Crippen LogP contribution in [0.25, 0.3) is 0 Å². The highest BCUT2D eigenvalue weighted by Gasteiger charge is 1.97. The Kier molecular flexibility index (Phi) is 10.2. The molecule has 4 nitrogen and oxygen atoms in total. The van der Waals surface area contributed by atoms with Crippen LogP contribution in [0.15, 0.2) is 0 Å². The van der Waals surface area contributed by atoms with Gasteiger partial charge in [0.15, 0.2) is 5.78 Å². The van der Waals surface area contributed by atoms with Gasteiger partial charge in [0.25, 0.3) is 0 Å². The molecule has 0 fully saturated rings. The van der Waals surface area contributed by atoms with E-state index in [2.05, 4.69) is 0 Å². The zero-order valence-electron chi connectivity index (χ0n) is 8.24. The number of Topliss-reactive ketones (excluding diaryl/α,β-unsaturated/α-hetero) is 1. The van der Waals surface area contributed by atoms with Crippen molar-refractivity contribution in [2.75, 3.05) is 27.2 Å². The normalized spacial score (nSPS) is 11.9. The topological polar surface area (TPSA) is 60.8 Å². The van der Waals surface area contributed by atoms with Crippen LogP contribution in [0.2, 0.25) is 0 Å². The Bertz CT molecular complexity index is 113. The second-order valence-corrected chi connectivity index (χ2v) is 2.81. The highest BCUT2D eigenvalue weighted by molar-refractivity contribution is 5.79. The molecule has 4 heteroatoms. The molecule has 0 aromatic carbocycles. The van der Waals surface area contributed by atoms with Gasteiger partial charge in [-0.2, -0.15) is 0 Å². The first kappa shape index (κ1) is 14.1. The molecule has 0 heterocycles. The number of likely N-dealkylation sites (N-methyl/N-ethyl adjacent to an activating group) is 1. The second-order valence-electron chi connectivity index (χ2n) is 2.81. The van der Waals surface area contributed by atoms with E-state index in [0.717, 1.165) is 6.54 Å². The van der Waals surface area contributed by atoms with Crippen LogP contribution in [-0.2, 0) is 4.79 Å². The van der Waals surface area contributed by atoms with Crippen molar-refractivity contribution in [3.05, 3.63) is 0 Å². The lowest BCUT2D eigenvalue weighted by atomic mass is 10.3. The fourth-order valence-corrected chi connectivity index (χ4v) is 0.200. The first-order chi connectivity index (χ1) is 5.41. The summed E-state index contributed by atoms with van der Waals surface area (Å²) in [6.45, 7) is 3.82. The largest absolute Gasteiger partial charge is 0.395 e. The van der Waals surface area contributed by atoms with Crippen molar-refractivity contribution in [1.82, 2.24) is 4.90 Å². The molecule has 0 aliphatic carbocycles. The summed E-state index contributed by atoms with van der Waals surface area (Å²) in [6, 6.07) is 0. The van der Waals surface area contributed by atoms with Crippen LogP contribution in [-0.4, -0.2) is 54.2 Å². The predicted octanol–water partition coefficient (Wildman–Crippen LogP) is -0.504. The minimum atomic E-state index is -0.787. The molecule has 0 bridgehead atoms. The molecule has 0 aromatic heterocycles. The van der Waals surface area contributed by atoms with Crippen molar-refractivity contribution in [2.45, 2.75) is 20.0 Å². The molecule has 1 unspecified atom stereocenters. The molecule has 0 amide bonds. The van der Waals surface area contributed by atoms with Crippen molar-refractivity contribution >= 4 is 5.78 Å². The lowest BCUT2D eigenvalue weighted by Crippen LogP contribution is -2.15. The quantitative estimate of drug-likeness (QED) is 0.610. The number of hydrogen-bond acceptors (Lipinski definition) is 4. The lowest BCUT2D eigenvalue weighted by Gasteiger charge is -2.03. The van der Waals surface area contributed by atoms with E-state index in [0.29, 0.717) is 0 Å². The average Bonchev–Trinajstić information content (AvgIpc) is 1.87. The number of nitrogens with zero attached hydrogens (tertiary/aromatic N) is 1. The molecular weight excluding hydrogens is 158 g/mol. The third kappa shape index (κ3) is 16.3. The van der Waals surface area contributed by atoms with E-state index in [-0.39, 0.29) is 12.4 Å². The SMILES string of the molecule is CC(=O)C(C)O.CN(C)CCO. The molecule has 0 saturated carbocycles. The zero-order valence-corrected chi connectivity index (χ0v) is 8.24. The highest BCUT2D eigenvalue weighted by atomic mass is 16.3. The Morgan fingerprint density at radius 1 is 1.50 bits per heavy atom. The van der Waals surface area contributed by atoms with E-state index < -0.39 is 6.10 Å². The third-order valence-electron chi connectivity index (χ3n) is 1.14. The third-order valence-corrected chi connectivity index (χ3v) is 1.14. The first-order valence-corrected chi connectivity index (χ1v) is 3.86. The fraction of sp³-hybridized carbons (Fsp3) is 0.875. The molecular formula is C8H19NO3. The van der Waals surface area contributed by atoms with Crippen molar-refractivity contribution in [3.8, 4) is 0 Å². The number of carbonyl (C=O) groups is 1. The van der Waals surface area contributed by atoms with Gasteiger partial charge in [0.05, 0.1) is 6.61 Å². The van der Waals surface area contributed by atoms with Gasteiger partial charge in [0.2, 0.25) is 0 Å². The number of carbonyl (C=O) groups excluding carboxylic acids is 1. The van der Waals surface area contributed by atoms with E-state index in [1.54, 1.807) is 0 Å². The van der Waals surface area contributed by atoms with Gasteiger partial charge in [-0.05, 0) is 27.9 Å². The Morgan fingerprint density at radius 3 is 1.83 bits per heavy atom. The summed E-state index contributed by atoms with van der Waals surface area (Å²) in [5, 5.41) is 16.5. The molecule has 0 aliphatic rings. The standard InChI is InChI=1S/C4H11NO.C4H8O2/c1-5(2)3-4-6;1-3(5)4(2)6/h6H,3-4H2,1-2H3;3,5H,1-2H3. The Labute approximate surface area is 73.8 Å². The smallest absolute Gasteiger partial charge is 0.157 e. The molecule has 12 heavy (non-hydrogen) atoms. The van der Waals surface area contributed by atoms with Crippen molar-refractivity contribution < 1.29 is 15.0 Å². The average molecular weight is 177 g/mol. The van der Waals surface area contributed by atoms with E-state index in [9.17, 15) is 4.79 Å². The second kappa shape index (κ2) is 8.64. The number of aliphatic hydroxyl groups excluding tert-OH is 2. The fourth-order valence-electron chi connectivity index (χ4n) is 0.200. The van der Waals surface area contributed by atoms with Gasteiger partial charge < -0.3 is 15.1 Å². The maximum atomic E-state index is 9.89. The van der Waals surface area contributed by atoms with Crippen molar-refractivity contribution in [2.24, 2.45) is 0 Å². The summed E-state index contributed by atoms with van der Waals surface area (Å²) < 4.78 is 0. The van der Waals surface area contributed by atoms with E-state index in [1.165, 1.54) is 13.8 Å². The van der Waals surface area contributed by atoms with Gasteiger partial charge in [0.1, 0.15) is 6.10 Å². The predicted molar refractivity (Wildman–Crippen MR) is 48.0 cm³/mol. The molecule has 0 rings (SSSR count). The maximum Gasteiger partial charge on any atom is 0.157 e. The number of rotatable bonds is 3. The molecule has 0 spiro atoms. The van der Waals surface area contributed by atoms with Gasteiger partial charge in [-0.3, -0.25) is 4.79 Å². The van der Waals surface area contributed by atoms with Crippen LogP contribution < -0.4 is 0 Å². The Balaban J connectivity index is 0. The Hall–Kier alpha value is -0.450. The van der Waals surface area contributed by atoms with Crippen LogP contribution >= 0.6 is 0 Å². The maximum absolute atomic E-state index is 9.89. The summed E-state index contributed by atoms with van der Waals surface area (Å²) in [5.74, 6) is -0.185. The van der Waals surface area contributed by atoms with Crippen LogP contribution in [0.4, 0.5) is 0 Å². The molecule has 2 N–H and O–H groups in total. The minimum absolute atomic E-state index is 0.185. The van der Waals surface area contributed by atoms with Gasteiger partial charge in [0, 0.05) is 6.54 Å². The zero-order chi connectivity index (χ0) is 10.1. The molecule has 0 radical (unpaired) electrons. The Morgan fingerprint density at radius 2 is 1.83 bits per heavy atom. The molecule has 0 aliphatic heterocycles. The molecule has 0 saturated heterocycles. The summed E-state index contributed by atoms with van der Waals surface area (Å²) in [6.07, 6.45) is -0.787. The van der Waals surface area contributed by atoms with Gasteiger partial charge in [-0.25, -0.2) is 0 Å². The van der Waals surface area contributed by atoms with Crippen LogP contribution in [0.1, 0.15) is 13.8 Å². The van der Waals surface area contributed by atoms with Crippen molar-refractivity contribution in [1.29, 1.82) is 0 Å². The van der Waals surface area contributed by atoms with Crippen LogP contribution in [0.5, 0.6) is 0 Å². The van der Waals surface area contributed by atoms with Crippen molar-refractivity contribution in [3.63, 3.8) is 0 Å². The minimum Gasteiger partial charge on any atom is -0.395 e. The summed E-state index contributed by atoms with van der Waals surface area (Å²) in [5.41, 5.74) is 0.